The monoisotopic (exact) mass is 424 g/mol. The van der Waals surface area contributed by atoms with E-state index >= 15 is 0 Å². The summed E-state index contributed by atoms with van der Waals surface area (Å²) in [7, 11) is 0. The summed E-state index contributed by atoms with van der Waals surface area (Å²) in [6.45, 7) is 0. The average Bonchev–Trinajstić information content (AvgIpc) is 3.32. The van der Waals surface area contributed by atoms with E-state index in [0.717, 1.165) is 4.90 Å². The molecule has 0 saturated heterocycles. The van der Waals surface area contributed by atoms with Gasteiger partial charge in [-0.1, -0.05) is 35.9 Å². The Morgan fingerprint density at radius 3 is 2.55 bits per heavy atom. The van der Waals surface area contributed by atoms with Gasteiger partial charge < -0.3 is 5.32 Å². The number of rotatable bonds is 5. The van der Waals surface area contributed by atoms with Crippen LogP contribution in [0.25, 0.3) is 0 Å². The van der Waals surface area contributed by atoms with Crippen LogP contribution < -0.4 is 15.5 Å². The van der Waals surface area contributed by atoms with Gasteiger partial charge in [0, 0.05) is 22.8 Å². The number of anilines is 3. The van der Waals surface area contributed by atoms with Crippen LogP contribution in [0.4, 0.5) is 16.5 Å². The molecule has 0 saturated carbocycles. The van der Waals surface area contributed by atoms with E-state index in [4.69, 9.17) is 11.6 Å². The van der Waals surface area contributed by atoms with Crippen LogP contribution in [0.5, 0.6) is 0 Å². The number of hydrogen-bond acceptors (Lipinski definition) is 6. The van der Waals surface area contributed by atoms with Crippen LogP contribution in [0.1, 0.15) is 10.4 Å². The van der Waals surface area contributed by atoms with E-state index in [0.29, 0.717) is 22.1 Å². The van der Waals surface area contributed by atoms with Gasteiger partial charge in [0.25, 0.3) is 17.7 Å². The molecule has 0 spiro atoms. The molecule has 1 aliphatic heterocycles. The largest absolute Gasteiger partial charge is 0.350 e. The molecule has 4 rings (SSSR count). The molecule has 0 atom stereocenters. The van der Waals surface area contributed by atoms with Gasteiger partial charge in [-0.25, -0.2) is 9.88 Å². The maximum Gasteiger partial charge on any atom is 0.283 e. The minimum Gasteiger partial charge on any atom is -0.350 e. The first kappa shape index (κ1) is 18.9. The molecular formula is C20H13ClN4O3S. The summed E-state index contributed by atoms with van der Waals surface area (Å²) >= 11 is 7.44. The van der Waals surface area contributed by atoms with E-state index in [-0.39, 0.29) is 16.6 Å². The Hall–Kier alpha value is -3.49. The molecule has 0 radical (unpaired) electrons. The highest BCUT2D eigenvalue weighted by molar-refractivity contribution is 7.13. The van der Waals surface area contributed by atoms with E-state index in [9.17, 15) is 14.4 Å². The van der Waals surface area contributed by atoms with Crippen molar-refractivity contribution in [1.29, 1.82) is 0 Å². The van der Waals surface area contributed by atoms with Crippen LogP contribution in [-0.2, 0) is 9.59 Å². The second-order valence-corrected chi connectivity index (χ2v) is 7.24. The van der Waals surface area contributed by atoms with Gasteiger partial charge in [0.1, 0.15) is 10.7 Å². The van der Waals surface area contributed by atoms with Crippen LogP contribution in [-0.4, -0.2) is 22.7 Å². The molecule has 0 unspecified atom stereocenters. The van der Waals surface area contributed by atoms with Crippen molar-refractivity contribution in [2.45, 2.75) is 0 Å². The fraction of sp³-hybridized carbons (Fsp3) is 0. The lowest BCUT2D eigenvalue weighted by molar-refractivity contribution is -0.120. The maximum absolute atomic E-state index is 12.8. The van der Waals surface area contributed by atoms with Gasteiger partial charge in [0.2, 0.25) is 0 Å². The number of benzene rings is 2. The van der Waals surface area contributed by atoms with Gasteiger partial charge in [-0.15, -0.1) is 11.3 Å². The lowest BCUT2D eigenvalue weighted by atomic mass is 10.2. The van der Waals surface area contributed by atoms with Gasteiger partial charge >= 0.3 is 0 Å². The number of halogens is 1. The number of nitrogens with one attached hydrogen (secondary N) is 2. The number of hydrogen-bond donors (Lipinski definition) is 2. The second-order valence-electron chi connectivity index (χ2n) is 5.97. The number of aromatic nitrogens is 1. The zero-order valence-corrected chi connectivity index (χ0v) is 16.3. The van der Waals surface area contributed by atoms with Crippen LogP contribution in [0.2, 0.25) is 0 Å². The highest BCUT2D eigenvalue weighted by Crippen LogP contribution is 2.30. The third-order valence-electron chi connectivity index (χ3n) is 4.09. The topological polar surface area (TPSA) is 91.4 Å². The second kappa shape index (κ2) is 7.86. The standard InChI is InChI=1S/C20H13ClN4O3S/c21-15-16(19(28)25(18(15)27)14-7-2-1-3-8-14)23-13-6-4-5-12(11-13)17(26)24-20-22-9-10-29-20/h1-11,23H,(H,22,24,26). The van der Waals surface area contributed by atoms with Crippen molar-refractivity contribution in [2.24, 2.45) is 0 Å². The molecule has 1 aliphatic rings. The summed E-state index contributed by atoms with van der Waals surface area (Å²) < 4.78 is 0. The summed E-state index contributed by atoms with van der Waals surface area (Å²) in [6.07, 6.45) is 1.59. The predicted octanol–water partition coefficient (Wildman–Crippen LogP) is 3.83. The van der Waals surface area contributed by atoms with Crippen molar-refractivity contribution >= 4 is 57.2 Å². The fourth-order valence-corrected chi connectivity index (χ4v) is 3.50. The molecule has 0 bridgehead atoms. The quantitative estimate of drug-likeness (QED) is 0.607. The molecule has 1 aromatic heterocycles. The molecule has 3 amide bonds. The minimum atomic E-state index is -0.608. The number of amides is 3. The van der Waals surface area contributed by atoms with E-state index in [2.05, 4.69) is 15.6 Å². The zero-order valence-electron chi connectivity index (χ0n) is 14.8. The van der Waals surface area contributed by atoms with Crippen molar-refractivity contribution in [3.63, 3.8) is 0 Å². The van der Waals surface area contributed by atoms with Crippen molar-refractivity contribution in [2.75, 3.05) is 15.5 Å². The molecule has 29 heavy (non-hydrogen) atoms. The first-order chi connectivity index (χ1) is 14.0. The van der Waals surface area contributed by atoms with Gasteiger partial charge in [-0.3, -0.25) is 19.7 Å². The Balaban J connectivity index is 1.55. The highest BCUT2D eigenvalue weighted by Gasteiger charge is 2.38. The summed E-state index contributed by atoms with van der Waals surface area (Å²) in [4.78, 5) is 42.6. The summed E-state index contributed by atoms with van der Waals surface area (Å²) in [5.74, 6) is -1.52. The smallest absolute Gasteiger partial charge is 0.283 e. The summed E-state index contributed by atoms with van der Waals surface area (Å²) in [6, 6.07) is 15.0. The Morgan fingerprint density at radius 1 is 1.03 bits per heavy atom. The van der Waals surface area contributed by atoms with Crippen molar-refractivity contribution in [1.82, 2.24) is 4.98 Å². The van der Waals surface area contributed by atoms with Crippen LogP contribution in [0.3, 0.4) is 0 Å². The molecule has 3 aromatic rings. The Labute approximate surface area is 174 Å². The number of nitrogens with zero attached hydrogens (tertiary/aromatic N) is 2. The highest BCUT2D eigenvalue weighted by atomic mass is 35.5. The lowest BCUT2D eigenvalue weighted by Gasteiger charge is -2.15. The first-order valence-electron chi connectivity index (χ1n) is 8.46. The maximum atomic E-state index is 12.8. The van der Waals surface area contributed by atoms with E-state index in [1.165, 1.54) is 11.3 Å². The number of thiazole rings is 1. The van der Waals surface area contributed by atoms with Crippen molar-refractivity contribution in [3.8, 4) is 0 Å². The Bertz CT molecular complexity index is 1130. The van der Waals surface area contributed by atoms with Crippen molar-refractivity contribution in [3.05, 3.63) is 82.5 Å². The lowest BCUT2D eigenvalue weighted by Crippen LogP contribution is -2.32. The summed E-state index contributed by atoms with van der Waals surface area (Å²) in [5, 5.41) is 7.58. The molecular weight excluding hydrogens is 412 g/mol. The number of carbonyl (C=O) groups is 3. The van der Waals surface area contributed by atoms with Crippen molar-refractivity contribution < 1.29 is 14.4 Å². The van der Waals surface area contributed by atoms with Gasteiger partial charge in [0.05, 0.1) is 5.69 Å². The normalized spacial score (nSPS) is 13.8. The SMILES string of the molecule is O=C(Nc1nccs1)c1cccc(NC2=C(Cl)C(=O)N(c3ccccc3)C2=O)c1. The Morgan fingerprint density at radius 2 is 1.83 bits per heavy atom. The molecule has 0 aliphatic carbocycles. The van der Waals surface area contributed by atoms with E-state index < -0.39 is 11.8 Å². The Kier molecular flexibility index (Phi) is 5.11. The molecule has 2 aromatic carbocycles. The summed E-state index contributed by atoms with van der Waals surface area (Å²) in [5.41, 5.74) is 1.19. The van der Waals surface area contributed by atoms with Gasteiger partial charge in [0.15, 0.2) is 5.13 Å². The molecule has 144 valence electrons. The van der Waals surface area contributed by atoms with Gasteiger partial charge in [-0.05, 0) is 30.3 Å². The number of carbonyl (C=O) groups excluding carboxylic acids is 3. The van der Waals surface area contributed by atoms with Crippen LogP contribution in [0.15, 0.2) is 76.9 Å². The number of imide groups is 1. The zero-order chi connectivity index (χ0) is 20.4. The van der Waals surface area contributed by atoms with Gasteiger partial charge in [-0.2, -0.15) is 0 Å². The third-order valence-corrected chi connectivity index (χ3v) is 5.13. The average molecular weight is 425 g/mol. The molecule has 9 heteroatoms. The molecule has 7 nitrogen and oxygen atoms in total. The van der Waals surface area contributed by atoms with Crippen LogP contribution in [0, 0.1) is 0 Å². The predicted molar refractivity (Wildman–Crippen MR) is 112 cm³/mol. The van der Waals surface area contributed by atoms with E-state index in [1.54, 1.807) is 66.2 Å². The molecule has 0 fully saturated rings. The fourth-order valence-electron chi connectivity index (χ4n) is 2.76. The third kappa shape index (κ3) is 3.75. The van der Waals surface area contributed by atoms with E-state index in [1.807, 2.05) is 0 Å². The minimum absolute atomic E-state index is 0.0435. The number of para-hydroxylation sites is 1. The molecule has 2 heterocycles. The van der Waals surface area contributed by atoms with Crippen LogP contribution >= 0.6 is 22.9 Å². The molecule has 2 N–H and O–H groups in total. The first-order valence-corrected chi connectivity index (χ1v) is 9.72.